The minimum Gasteiger partial charge on any atom is -0.390 e. The number of oxime groups is 1. The van der Waals surface area contributed by atoms with Crippen molar-refractivity contribution in [3.63, 3.8) is 0 Å². The van der Waals surface area contributed by atoms with Crippen LogP contribution >= 0.6 is 0 Å². The van der Waals surface area contributed by atoms with Gasteiger partial charge in [0.25, 0.3) is 0 Å². The second kappa shape index (κ2) is 10.8. The Hall–Kier alpha value is -2.49. The summed E-state index contributed by atoms with van der Waals surface area (Å²) in [6.07, 6.45) is -5.18. The van der Waals surface area contributed by atoms with Crippen molar-refractivity contribution in [3.8, 4) is 0 Å². The first-order chi connectivity index (χ1) is 15.9. The number of alkyl halides is 3. The molecule has 1 N–H and O–H groups in total. The minimum atomic E-state index is -4.44. The first-order valence-corrected chi connectivity index (χ1v) is 11.1. The van der Waals surface area contributed by atoms with Crippen molar-refractivity contribution >= 4 is 5.71 Å². The topological polar surface area (TPSA) is 54.3 Å². The maximum Gasteiger partial charge on any atom is 0.416 e. The highest BCUT2D eigenvalue weighted by Gasteiger charge is 2.31. The van der Waals surface area contributed by atoms with Crippen LogP contribution in [0.2, 0.25) is 0 Å². The largest absolute Gasteiger partial charge is 0.416 e. The van der Waals surface area contributed by atoms with Crippen molar-refractivity contribution in [2.75, 3.05) is 19.7 Å². The summed E-state index contributed by atoms with van der Waals surface area (Å²) in [4.78, 5) is 7.39. The maximum atomic E-state index is 13.2. The molecule has 186 valence electrons. The molecule has 0 aromatic heterocycles. The fraction of sp³-hybridized carbons (Fsp3) is 0.480. The van der Waals surface area contributed by atoms with Gasteiger partial charge in [-0.3, -0.25) is 4.90 Å². The number of ether oxygens (including phenoxy) is 1. The number of hydrogen-bond donors (Lipinski definition) is 1. The number of aliphatic hydroxyl groups excluding tert-OH is 1. The first-order valence-electron chi connectivity index (χ1n) is 11.1. The van der Waals surface area contributed by atoms with Crippen molar-refractivity contribution < 1.29 is 32.2 Å². The molecule has 0 saturated carbocycles. The van der Waals surface area contributed by atoms with Gasteiger partial charge in [-0.25, -0.2) is 4.39 Å². The Bertz CT molecular complexity index is 971. The number of halogens is 4. The molecule has 1 aliphatic rings. The molecule has 0 spiro atoms. The molecular weight excluding hydrogens is 452 g/mol. The Morgan fingerprint density at radius 2 is 1.85 bits per heavy atom. The highest BCUT2D eigenvalue weighted by Crippen LogP contribution is 2.30. The summed E-state index contributed by atoms with van der Waals surface area (Å²) in [6, 6.07) is 11.1. The third kappa shape index (κ3) is 8.07. The van der Waals surface area contributed by atoms with Gasteiger partial charge in [-0.15, -0.1) is 0 Å². The first kappa shape index (κ1) is 26.1. The molecule has 0 radical (unpaired) electrons. The molecule has 1 heterocycles. The normalized spacial score (nSPS) is 17.6. The third-order valence-electron chi connectivity index (χ3n) is 5.21. The summed E-state index contributed by atoms with van der Waals surface area (Å²) in [5, 5.41) is 14.6. The number of hydrogen-bond acceptors (Lipinski definition) is 5. The number of aliphatic hydroxyl groups is 1. The zero-order chi connectivity index (χ0) is 24.9. The van der Waals surface area contributed by atoms with Crippen molar-refractivity contribution in [1.82, 2.24) is 4.90 Å². The fourth-order valence-electron chi connectivity index (χ4n) is 3.63. The Kier molecular flexibility index (Phi) is 8.33. The summed E-state index contributed by atoms with van der Waals surface area (Å²) in [6.45, 7) is 6.41. The predicted molar refractivity (Wildman–Crippen MR) is 121 cm³/mol. The van der Waals surface area contributed by atoms with Crippen LogP contribution in [0.4, 0.5) is 17.6 Å². The van der Waals surface area contributed by atoms with Crippen LogP contribution in [0.3, 0.4) is 0 Å². The van der Waals surface area contributed by atoms with Crippen LogP contribution in [0.1, 0.15) is 43.9 Å². The second-order valence-electron chi connectivity index (χ2n) is 9.45. The quantitative estimate of drug-likeness (QED) is 0.511. The average molecular weight is 483 g/mol. The van der Waals surface area contributed by atoms with Crippen LogP contribution in [-0.2, 0) is 22.3 Å². The van der Waals surface area contributed by atoms with E-state index in [4.69, 9.17) is 9.57 Å². The second-order valence-corrected chi connectivity index (χ2v) is 9.45. The van der Waals surface area contributed by atoms with Gasteiger partial charge in [0, 0.05) is 26.1 Å². The summed E-state index contributed by atoms with van der Waals surface area (Å²) >= 11 is 0. The Labute approximate surface area is 197 Å². The van der Waals surface area contributed by atoms with Gasteiger partial charge in [0.15, 0.2) is 0 Å². The van der Waals surface area contributed by atoms with Crippen molar-refractivity contribution in [2.45, 2.75) is 57.7 Å². The molecule has 5 nitrogen and oxygen atoms in total. The molecule has 34 heavy (non-hydrogen) atoms. The SMILES string of the molecule is CC(C)(C)OC[C@@H](O)CN(Cc1cccc(C(F)(F)F)c1)C[C@H]1CC(c2ccc(F)cc2)=NO1. The van der Waals surface area contributed by atoms with Crippen LogP contribution in [0.25, 0.3) is 0 Å². The van der Waals surface area contributed by atoms with Gasteiger partial charge < -0.3 is 14.7 Å². The van der Waals surface area contributed by atoms with E-state index in [0.717, 1.165) is 17.7 Å². The smallest absolute Gasteiger partial charge is 0.390 e. The molecule has 0 bridgehead atoms. The van der Waals surface area contributed by atoms with Crippen LogP contribution in [-0.4, -0.2) is 53.2 Å². The fourth-order valence-corrected chi connectivity index (χ4v) is 3.63. The molecule has 2 aromatic carbocycles. The number of rotatable bonds is 9. The Balaban J connectivity index is 1.68. The predicted octanol–water partition coefficient (Wildman–Crippen LogP) is 5.02. The molecule has 2 atom stereocenters. The average Bonchev–Trinajstić information content (AvgIpc) is 3.20. The highest BCUT2D eigenvalue weighted by atomic mass is 19.4. The van der Waals surface area contributed by atoms with Crippen LogP contribution in [0.5, 0.6) is 0 Å². The molecule has 0 fully saturated rings. The van der Waals surface area contributed by atoms with Crippen molar-refractivity contribution in [2.24, 2.45) is 5.16 Å². The van der Waals surface area contributed by atoms with E-state index in [1.165, 1.54) is 18.2 Å². The van der Waals surface area contributed by atoms with E-state index in [0.29, 0.717) is 24.2 Å². The maximum absolute atomic E-state index is 13.2. The van der Waals surface area contributed by atoms with E-state index < -0.39 is 23.4 Å². The highest BCUT2D eigenvalue weighted by molar-refractivity contribution is 6.01. The summed E-state index contributed by atoms with van der Waals surface area (Å²) < 4.78 is 58.3. The lowest BCUT2D eigenvalue weighted by Crippen LogP contribution is -2.40. The van der Waals surface area contributed by atoms with Crippen LogP contribution in [0.15, 0.2) is 53.7 Å². The molecule has 9 heteroatoms. The molecular formula is C25H30F4N2O3. The van der Waals surface area contributed by atoms with Crippen molar-refractivity contribution in [3.05, 3.63) is 71.0 Å². The van der Waals surface area contributed by atoms with E-state index in [1.54, 1.807) is 18.2 Å². The molecule has 1 aliphatic heterocycles. The van der Waals surface area contributed by atoms with Gasteiger partial charge in [-0.2, -0.15) is 13.2 Å². The molecule has 0 amide bonds. The molecule has 3 rings (SSSR count). The lowest BCUT2D eigenvalue weighted by atomic mass is 10.0. The van der Waals surface area contributed by atoms with E-state index in [2.05, 4.69) is 5.16 Å². The molecule has 0 unspecified atom stereocenters. The summed E-state index contributed by atoms with van der Waals surface area (Å²) in [5.74, 6) is -0.349. The number of benzene rings is 2. The van der Waals surface area contributed by atoms with E-state index in [-0.39, 0.29) is 31.6 Å². The third-order valence-corrected chi connectivity index (χ3v) is 5.21. The minimum absolute atomic E-state index is 0.0887. The summed E-state index contributed by atoms with van der Waals surface area (Å²) in [5.41, 5.74) is 0.726. The Morgan fingerprint density at radius 1 is 1.15 bits per heavy atom. The van der Waals surface area contributed by atoms with Crippen LogP contribution in [0, 0.1) is 5.82 Å². The van der Waals surface area contributed by atoms with E-state index in [9.17, 15) is 22.7 Å². The van der Waals surface area contributed by atoms with Crippen molar-refractivity contribution in [1.29, 1.82) is 0 Å². The van der Waals surface area contributed by atoms with Gasteiger partial charge in [0.1, 0.15) is 11.9 Å². The monoisotopic (exact) mass is 482 g/mol. The van der Waals surface area contributed by atoms with Gasteiger partial charge in [-0.05, 0) is 50.1 Å². The molecule has 2 aromatic rings. The van der Waals surface area contributed by atoms with Gasteiger partial charge in [0.2, 0.25) is 0 Å². The van der Waals surface area contributed by atoms with Gasteiger partial charge in [0.05, 0.1) is 29.6 Å². The molecule has 0 saturated heterocycles. The van der Waals surface area contributed by atoms with Crippen LogP contribution < -0.4 is 0 Å². The number of nitrogens with zero attached hydrogens (tertiary/aromatic N) is 2. The zero-order valence-electron chi connectivity index (χ0n) is 19.5. The molecule has 0 aliphatic carbocycles. The van der Waals surface area contributed by atoms with Gasteiger partial charge >= 0.3 is 6.18 Å². The lowest BCUT2D eigenvalue weighted by Gasteiger charge is -2.28. The van der Waals surface area contributed by atoms with E-state index >= 15 is 0 Å². The van der Waals surface area contributed by atoms with E-state index in [1.807, 2.05) is 25.7 Å². The standard InChI is InChI=1S/C25H30F4N2O3/c1-24(2,3)33-16-21(32)14-31(13-17-5-4-6-19(11-17)25(27,28)29)15-22-12-23(30-34-22)18-7-9-20(26)10-8-18/h4-11,21-22,32H,12-16H2,1-3H3/t21-,22+/m0/s1. The Morgan fingerprint density at radius 3 is 2.50 bits per heavy atom. The lowest BCUT2D eigenvalue weighted by molar-refractivity contribution is -0.137. The summed E-state index contributed by atoms with van der Waals surface area (Å²) in [7, 11) is 0. The van der Waals surface area contributed by atoms with Gasteiger partial charge in [-0.1, -0.05) is 35.5 Å². The zero-order valence-corrected chi connectivity index (χ0v) is 19.5.